The third-order valence-corrected chi connectivity index (χ3v) is 5.34. The molecule has 3 nitrogen and oxygen atoms in total. The summed E-state index contributed by atoms with van der Waals surface area (Å²) in [4.78, 5) is 5.65. The first kappa shape index (κ1) is 14.1. The fourth-order valence-electron chi connectivity index (χ4n) is 2.24. The molecule has 1 aromatic carbocycles. The van der Waals surface area contributed by atoms with Crippen LogP contribution in [0.2, 0.25) is 5.02 Å². The minimum Gasteiger partial charge on any atom is -0.313 e. The molecule has 104 valence electrons. The van der Waals surface area contributed by atoms with Crippen LogP contribution in [0.4, 0.5) is 0 Å². The summed E-state index contributed by atoms with van der Waals surface area (Å²) in [5, 5.41) is 6.11. The Balaban J connectivity index is 1.90. The second kappa shape index (κ2) is 5.85. The normalized spacial score (nSPS) is 12.9. The minimum absolute atomic E-state index is 0.143. The van der Waals surface area contributed by atoms with Crippen molar-refractivity contribution in [2.45, 2.75) is 12.5 Å². The van der Waals surface area contributed by atoms with E-state index in [1.54, 1.807) is 11.3 Å². The van der Waals surface area contributed by atoms with Crippen LogP contribution in [0.25, 0.3) is 4.96 Å². The van der Waals surface area contributed by atoms with Crippen LogP contribution in [0, 0.1) is 0 Å². The van der Waals surface area contributed by atoms with Crippen LogP contribution in [0.1, 0.15) is 17.3 Å². The van der Waals surface area contributed by atoms with Crippen molar-refractivity contribution in [1.82, 2.24) is 14.7 Å². The summed E-state index contributed by atoms with van der Waals surface area (Å²) in [6.07, 6.45) is 4.90. The van der Waals surface area contributed by atoms with Gasteiger partial charge in [0.05, 0.1) is 10.7 Å². The van der Waals surface area contributed by atoms with Crippen molar-refractivity contribution in [3.8, 4) is 0 Å². The van der Waals surface area contributed by atoms with Crippen LogP contribution in [0.5, 0.6) is 0 Å². The lowest BCUT2D eigenvalue weighted by atomic mass is 10.0. The van der Waals surface area contributed by atoms with Crippen molar-refractivity contribution in [1.29, 1.82) is 0 Å². The molecule has 0 spiro atoms. The molecule has 0 aliphatic carbocycles. The van der Waals surface area contributed by atoms with Gasteiger partial charge in [-0.25, -0.2) is 4.98 Å². The Hall–Kier alpha value is -0.880. The topological polar surface area (TPSA) is 29.3 Å². The highest BCUT2D eigenvalue weighted by atomic mass is 79.9. The number of halogens is 2. The molecule has 0 aliphatic rings. The summed E-state index contributed by atoms with van der Waals surface area (Å²) in [6, 6.07) is 6.14. The van der Waals surface area contributed by atoms with Crippen LogP contribution < -0.4 is 5.32 Å². The lowest BCUT2D eigenvalue weighted by molar-refractivity contribution is 0.586. The van der Waals surface area contributed by atoms with Crippen LogP contribution in [0.15, 0.2) is 40.4 Å². The standard InChI is InChI=1S/C14H13BrClN3S/c1-17-12(10-3-2-4-11(15)13(10)16)7-9-8-19-5-6-20-14(19)18-9/h2-6,8,12,17H,7H2,1H3. The van der Waals surface area contributed by atoms with Gasteiger partial charge in [-0.3, -0.25) is 4.40 Å². The molecule has 1 N–H and O–H groups in total. The number of rotatable bonds is 4. The first-order valence-corrected chi connectivity index (χ1v) is 8.26. The van der Waals surface area contributed by atoms with Gasteiger partial charge in [0.25, 0.3) is 0 Å². The number of nitrogens with one attached hydrogen (secondary N) is 1. The Bertz CT molecular complexity index is 708. The summed E-state index contributed by atoms with van der Waals surface area (Å²) in [7, 11) is 1.94. The largest absolute Gasteiger partial charge is 0.313 e. The monoisotopic (exact) mass is 369 g/mol. The molecule has 20 heavy (non-hydrogen) atoms. The SMILES string of the molecule is CNC(Cc1cn2ccsc2n1)c1cccc(Br)c1Cl. The summed E-state index contributed by atoms with van der Waals surface area (Å²) < 4.78 is 2.97. The molecule has 0 saturated carbocycles. The van der Waals surface area contributed by atoms with Crippen LogP contribution in [-0.2, 0) is 6.42 Å². The second-order valence-corrected chi connectivity index (χ2v) is 6.62. The molecule has 1 atom stereocenters. The van der Waals surface area contributed by atoms with Gasteiger partial charge in [-0.15, -0.1) is 11.3 Å². The van der Waals surface area contributed by atoms with Gasteiger partial charge >= 0.3 is 0 Å². The van der Waals surface area contributed by atoms with Crippen LogP contribution in [-0.4, -0.2) is 16.4 Å². The predicted octanol–water partition coefficient (Wildman–Crippen LogP) is 4.31. The first-order valence-electron chi connectivity index (χ1n) is 6.21. The van der Waals surface area contributed by atoms with Gasteiger partial charge in [0.15, 0.2) is 4.96 Å². The summed E-state index contributed by atoms with van der Waals surface area (Å²) in [5.74, 6) is 0. The van der Waals surface area contributed by atoms with E-state index in [2.05, 4.69) is 36.8 Å². The Kier molecular flexibility index (Phi) is 4.12. The van der Waals surface area contributed by atoms with E-state index in [0.717, 1.165) is 32.1 Å². The zero-order valence-electron chi connectivity index (χ0n) is 10.8. The Morgan fingerprint density at radius 3 is 3.10 bits per heavy atom. The van der Waals surface area contributed by atoms with Gasteiger partial charge in [0.2, 0.25) is 0 Å². The molecule has 0 fully saturated rings. The maximum absolute atomic E-state index is 6.38. The predicted molar refractivity (Wildman–Crippen MR) is 87.7 cm³/mol. The van der Waals surface area contributed by atoms with Crippen molar-refractivity contribution < 1.29 is 0 Å². The molecule has 2 heterocycles. The van der Waals surface area contributed by atoms with E-state index in [0.29, 0.717) is 0 Å². The molecule has 1 unspecified atom stereocenters. The Labute approximate surface area is 134 Å². The molecule has 0 saturated heterocycles. The quantitative estimate of drug-likeness (QED) is 0.741. The Morgan fingerprint density at radius 1 is 1.50 bits per heavy atom. The van der Waals surface area contributed by atoms with E-state index in [1.165, 1.54) is 0 Å². The maximum Gasteiger partial charge on any atom is 0.193 e. The zero-order valence-corrected chi connectivity index (χ0v) is 14.0. The average molecular weight is 371 g/mol. The number of fused-ring (bicyclic) bond motifs is 1. The molecule has 0 bridgehead atoms. The highest BCUT2D eigenvalue weighted by Gasteiger charge is 2.16. The average Bonchev–Trinajstić information content (AvgIpc) is 3.00. The number of nitrogens with zero attached hydrogens (tertiary/aromatic N) is 2. The fourth-order valence-corrected chi connectivity index (χ4v) is 3.60. The van der Waals surface area contributed by atoms with Crippen molar-refractivity contribution in [3.63, 3.8) is 0 Å². The van der Waals surface area contributed by atoms with Gasteiger partial charge in [-0.05, 0) is 34.6 Å². The number of imidazole rings is 1. The summed E-state index contributed by atoms with van der Waals surface area (Å²) in [5.41, 5.74) is 2.15. The zero-order chi connectivity index (χ0) is 14.1. The lowest BCUT2D eigenvalue weighted by Crippen LogP contribution is -2.19. The number of aromatic nitrogens is 2. The molecule has 3 aromatic rings. The number of hydrogen-bond donors (Lipinski definition) is 1. The van der Waals surface area contributed by atoms with E-state index < -0.39 is 0 Å². The third kappa shape index (κ3) is 2.63. The maximum atomic E-state index is 6.38. The van der Waals surface area contributed by atoms with Crippen molar-refractivity contribution in [3.05, 3.63) is 56.7 Å². The first-order chi connectivity index (χ1) is 9.69. The summed E-state index contributed by atoms with van der Waals surface area (Å²) >= 11 is 11.5. The summed E-state index contributed by atoms with van der Waals surface area (Å²) in [6.45, 7) is 0. The second-order valence-electron chi connectivity index (χ2n) is 4.51. The highest BCUT2D eigenvalue weighted by molar-refractivity contribution is 9.10. The smallest absolute Gasteiger partial charge is 0.193 e. The van der Waals surface area contributed by atoms with E-state index >= 15 is 0 Å². The third-order valence-electron chi connectivity index (χ3n) is 3.26. The molecule has 0 radical (unpaired) electrons. The van der Waals surface area contributed by atoms with Crippen LogP contribution in [0.3, 0.4) is 0 Å². The molecular weight excluding hydrogens is 358 g/mol. The molecule has 2 aromatic heterocycles. The molecule has 0 amide bonds. The molecular formula is C14H13BrClN3S. The number of hydrogen-bond acceptors (Lipinski definition) is 3. The minimum atomic E-state index is 0.143. The van der Waals surface area contributed by atoms with Crippen molar-refractivity contribution in [2.75, 3.05) is 7.05 Å². The van der Waals surface area contributed by atoms with Gasteiger partial charge in [-0.2, -0.15) is 0 Å². The van der Waals surface area contributed by atoms with E-state index in [9.17, 15) is 0 Å². The number of likely N-dealkylation sites (N-methyl/N-ethyl adjacent to an activating group) is 1. The van der Waals surface area contributed by atoms with Crippen molar-refractivity contribution in [2.24, 2.45) is 0 Å². The van der Waals surface area contributed by atoms with E-state index in [1.807, 2.05) is 36.8 Å². The van der Waals surface area contributed by atoms with Gasteiger partial charge in [0, 0.05) is 34.7 Å². The lowest BCUT2D eigenvalue weighted by Gasteiger charge is -2.17. The van der Waals surface area contributed by atoms with Gasteiger partial charge in [-0.1, -0.05) is 23.7 Å². The van der Waals surface area contributed by atoms with Crippen LogP contribution >= 0.6 is 38.9 Å². The number of benzene rings is 1. The fraction of sp³-hybridized carbons (Fsp3) is 0.214. The van der Waals surface area contributed by atoms with E-state index in [-0.39, 0.29) is 6.04 Å². The van der Waals surface area contributed by atoms with E-state index in [4.69, 9.17) is 11.6 Å². The van der Waals surface area contributed by atoms with Crippen molar-refractivity contribution >= 4 is 43.8 Å². The Morgan fingerprint density at radius 2 is 2.35 bits per heavy atom. The molecule has 3 rings (SSSR count). The highest BCUT2D eigenvalue weighted by Crippen LogP contribution is 2.31. The van der Waals surface area contributed by atoms with Gasteiger partial charge < -0.3 is 5.32 Å². The molecule has 6 heteroatoms. The molecule has 0 aliphatic heterocycles. The van der Waals surface area contributed by atoms with Gasteiger partial charge in [0.1, 0.15) is 0 Å². The number of thiazole rings is 1.